The minimum Gasteiger partial charge on any atom is -0.484 e. The first-order valence-corrected chi connectivity index (χ1v) is 10.8. The average Bonchev–Trinajstić information content (AvgIpc) is 3.53. The van der Waals surface area contributed by atoms with Gasteiger partial charge >= 0.3 is 0 Å². The fraction of sp³-hybridized carbons (Fsp3) is 0.273. The van der Waals surface area contributed by atoms with Crippen LogP contribution in [-0.2, 0) is 4.79 Å². The van der Waals surface area contributed by atoms with Gasteiger partial charge < -0.3 is 15.0 Å². The molecule has 0 aliphatic heterocycles. The van der Waals surface area contributed by atoms with Crippen LogP contribution in [0.3, 0.4) is 0 Å². The molecule has 8 nitrogen and oxygen atoms in total. The molecule has 3 aromatic heterocycles. The van der Waals surface area contributed by atoms with E-state index in [1.807, 2.05) is 62.7 Å². The SMILES string of the molecule is CC.CNc1nc(-c2cccc(OCC(=O)N(C)C)c2)nc2ccsc12.c1cn[nH]c1. The number of carbonyl (C=O) groups is 1. The summed E-state index contributed by atoms with van der Waals surface area (Å²) in [5.41, 5.74) is 1.75. The monoisotopic (exact) mass is 440 g/mol. The number of hydrogen-bond acceptors (Lipinski definition) is 7. The van der Waals surface area contributed by atoms with Crippen LogP contribution >= 0.6 is 11.3 Å². The highest BCUT2D eigenvalue weighted by Crippen LogP contribution is 2.29. The van der Waals surface area contributed by atoms with Crippen LogP contribution in [0.5, 0.6) is 5.75 Å². The lowest BCUT2D eigenvalue weighted by Gasteiger charge is -2.12. The number of aromatic nitrogens is 4. The minimum atomic E-state index is -0.0891. The van der Waals surface area contributed by atoms with Gasteiger partial charge in [0, 0.05) is 39.1 Å². The van der Waals surface area contributed by atoms with Crippen molar-refractivity contribution in [3.8, 4) is 17.1 Å². The number of benzene rings is 1. The fourth-order valence-electron chi connectivity index (χ4n) is 2.38. The molecule has 0 saturated carbocycles. The van der Waals surface area contributed by atoms with E-state index in [1.54, 1.807) is 37.8 Å². The van der Waals surface area contributed by atoms with Gasteiger partial charge in [-0.3, -0.25) is 9.89 Å². The molecule has 0 radical (unpaired) electrons. The summed E-state index contributed by atoms with van der Waals surface area (Å²) in [6, 6.07) is 11.3. The van der Waals surface area contributed by atoms with Crippen molar-refractivity contribution in [3.63, 3.8) is 0 Å². The van der Waals surface area contributed by atoms with Crippen LogP contribution in [0.1, 0.15) is 13.8 Å². The van der Waals surface area contributed by atoms with Crippen LogP contribution in [-0.4, -0.2) is 58.7 Å². The maximum Gasteiger partial charge on any atom is 0.259 e. The summed E-state index contributed by atoms with van der Waals surface area (Å²) < 4.78 is 6.59. The Balaban J connectivity index is 0.000000420. The van der Waals surface area contributed by atoms with E-state index in [9.17, 15) is 4.79 Å². The van der Waals surface area contributed by atoms with Gasteiger partial charge in [0.1, 0.15) is 11.6 Å². The molecule has 0 aliphatic carbocycles. The number of anilines is 1. The first kappa shape index (κ1) is 23.8. The normalized spacial score (nSPS) is 9.71. The molecular formula is C22H28N6O2S. The van der Waals surface area contributed by atoms with Crippen molar-refractivity contribution in [2.75, 3.05) is 33.1 Å². The largest absolute Gasteiger partial charge is 0.484 e. The third-order valence-electron chi connectivity index (χ3n) is 3.90. The van der Waals surface area contributed by atoms with E-state index >= 15 is 0 Å². The summed E-state index contributed by atoms with van der Waals surface area (Å²) in [6.45, 7) is 4.00. The molecule has 0 aliphatic rings. The first-order valence-electron chi connectivity index (χ1n) is 9.88. The lowest BCUT2D eigenvalue weighted by molar-refractivity contribution is -0.130. The predicted octanol–water partition coefficient (Wildman–Crippen LogP) is 4.30. The van der Waals surface area contributed by atoms with E-state index in [-0.39, 0.29) is 12.5 Å². The number of aromatic amines is 1. The molecule has 2 N–H and O–H groups in total. The molecule has 4 aromatic rings. The Kier molecular flexibility index (Phi) is 9.44. The number of thiophene rings is 1. The highest BCUT2D eigenvalue weighted by atomic mass is 32.1. The molecule has 0 unspecified atom stereocenters. The van der Waals surface area contributed by atoms with Gasteiger partial charge in [-0.05, 0) is 29.6 Å². The highest BCUT2D eigenvalue weighted by Gasteiger charge is 2.11. The van der Waals surface area contributed by atoms with E-state index < -0.39 is 0 Å². The summed E-state index contributed by atoms with van der Waals surface area (Å²) in [7, 11) is 5.24. The van der Waals surface area contributed by atoms with Crippen molar-refractivity contribution >= 4 is 33.3 Å². The smallest absolute Gasteiger partial charge is 0.259 e. The molecule has 1 aromatic carbocycles. The van der Waals surface area contributed by atoms with Crippen LogP contribution in [0.2, 0.25) is 0 Å². The lowest BCUT2D eigenvalue weighted by Crippen LogP contribution is -2.27. The maximum absolute atomic E-state index is 11.6. The topological polar surface area (TPSA) is 96.0 Å². The number of ether oxygens (including phenoxy) is 1. The van der Waals surface area contributed by atoms with E-state index in [1.165, 1.54) is 4.90 Å². The number of H-pyrrole nitrogens is 1. The molecular weight excluding hydrogens is 412 g/mol. The Labute approximate surface area is 186 Å². The van der Waals surface area contributed by atoms with Crippen LogP contribution < -0.4 is 10.1 Å². The average molecular weight is 441 g/mol. The second-order valence-electron chi connectivity index (χ2n) is 6.15. The molecule has 0 spiro atoms. The standard InChI is InChI=1S/C17H18N4O2S.C3H4N2.C2H6/c1-18-17-15-13(7-8-24-15)19-16(20-17)11-5-4-6-12(9-11)23-10-14(22)21(2)3;1-2-4-5-3-1;1-2/h4-9H,10H2,1-3H3,(H,18,19,20);1-3H,(H,4,5);1-2H3. The Morgan fingerprint density at radius 1 is 1.19 bits per heavy atom. The summed E-state index contributed by atoms with van der Waals surface area (Å²) in [5, 5.41) is 11.3. The highest BCUT2D eigenvalue weighted by molar-refractivity contribution is 7.17. The molecule has 0 bridgehead atoms. The van der Waals surface area contributed by atoms with E-state index in [4.69, 9.17) is 4.74 Å². The van der Waals surface area contributed by atoms with Gasteiger partial charge in [0.2, 0.25) is 0 Å². The lowest BCUT2D eigenvalue weighted by atomic mass is 10.2. The fourth-order valence-corrected chi connectivity index (χ4v) is 3.20. The zero-order chi connectivity index (χ0) is 22.6. The van der Waals surface area contributed by atoms with Gasteiger partial charge in [0.25, 0.3) is 5.91 Å². The number of fused-ring (bicyclic) bond motifs is 1. The van der Waals surface area contributed by atoms with Crippen LogP contribution in [0, 0.1) is 0 Å². The van der Waals surface area contributed by atoms with Crippen LogP contribution in [0.15, 0.2) is 54.2 Å². The number of likely N-dealkylation sites (N-methyl/N-ethyl adjacent to an activating group) is 1. The molecule has 0 atom stereocenters. The van der Waals surface area contributed by atoms with Crippen molar-refractivity contribution in [1.29, 1.82) is 0 Å². The van der Waals surface area contributed by atoms with Gasteiger partial charge in [-0.25, -0.2) is 9.97 Å². The Morgan fingerprint density at radius 3 is 2.61 bits per heavy atom. The number of hydrogen-bond donors (Lipinski definition) is 2. The Bertz CT molecular complexity index is 1050. The van der Waals surface area contributed by atoms with Crippen molar-refractivity contribution in [2.45, 2.75) is 13.8 Å². The van der Waals surface area contributed by atoms with E-state index in [0.29, 0.717) is 11.6 Å². The molecule has 4 rings (SSSR count). The van der Waals surface area contributed by atoms with E-state index in [0.717, 1.165) is 21.6 Å². The number of nitrogens with one attached hydrogen (secondary N) is 2. The second-order valence-corrected chi connectivity index (χ2v) is 7.07. The van der Waals surface area contributed by atoms with Gasteiger partial charge in [-0.2, -0.15) is 5.10 Å². The predicted molar refractivity (Wildman–Crippen MR) is 127 cm³/mol. The summed E-state index contributed by atoms with van der Waals surface area (Å²) in [4.78, 5) is 22.3. The molecule has 0 fully saturated rings. The minimum absolute atomic E-state index is 0.00262. The molecule has 1 amide bonds. The number of rotatable bonds is 5. The first-order chi connectivity index (χ1) is 15.1. The molecule has 3 heterocycles. The third kappa shape index (κ3) is 6.78. The van der Waals surface area contributed by atoms with E-state index in [2.05, 4.69) is 25.5 Å². The van der Waals surface area contributed by atoms with Crippen molar-refractivity contribution in [3.05, 3.63) is 54.2 Å². The van der Waals surface area contributed by atoms with Crippen molar-refractivity contribution < 1.29 is 9.53 Å². The van der Waals surface area contributed by atoms with Crippen LogP contribution in [0.4, 0.5) is 5.82 Å². The molecule has 0 saturated heterocycles. The maximum atomic E-state index is 11.6. The zero-order valence-corrected chi connectivity index (χ0v) is 19.2. The van der Waals surface area contributed by atoms with Gasteiger partial charge in [-0.1, -0.05) is 26.0 Å². The molecule has 31 heavy (non-hydrogen) atoms. The van der Waals surface area contributed by atoms with Gasteiger partial charge in [0.15, 0.2) is 12.4 Å². The number of carbonyl (C=O) groups excluding carboxylic acids is 1. The number of amides is 1. The third-order valence-corrected chi connectivity index (χ3v) is 4.81. The quantitative estimate of drug-likeness (QED) is 0.480. The van der Waals surface area contributed by atoms with Gasteiger partial charge in [-0.15, -0.1) is 11.3 Å². The second kappa shape index (κ2) is 12.3. The molecule has 9 heteroatoms. The summed E-state index contributed by atoms with van der Waals surface area (Å²) >= 11 is 1.61. The summed E-state index contributed by atoms with van der Waals surface area (Å²) in [6.07, 6.45) is 3.46. The van der Waals surface area contributed by atoms with Crippen molar-refractivity contribution in [1.82, 2.24) is 25.1 Å². The zero-order valence-electron chi connectivity index (χ0n) is 18.4. The summed E-state index contributed by atoms with van der Waals surface area (Å²) in [5.74, 6) is 1.95. The number of nitrogens with zero attached hydrogens (tertiary/aromatic N) is 4. The van der Waals surface area contributed by atoms with Gasteiger partial charge in [0.05, 0.1) is 10.2 Å². The molecule has 164 valence electrons. The van der Waals surface area contributed by atoms with Crippen molar-refractivity contribution in [2.24, 2.45) is 0 Å². The van der Waals surface area contributed by atoms with Crippen LogP contribution in [0.25, 0.3) is 21.6 Å². The Hall–Kier alpha value is -3.46. The Morgan fingerprint density at radius 2 is 2.00 bits per heavy atom.